The van der Waals surface area contributed by atoms with Crippen LogP contribution in [0.15, 0.2) is 34.6 Å². The number of ether oxygens (including phenoxy) is 1. The average molecular weight is 529 g/mol. The molecule has 0 amide bonds. The molecule has 0 saturated carbocycles. The lowest BCUT2D eigenvalue weighted by molar-refractivity contribution is 0.372. The van der Waals surface area contributed by atoms with Gasteiger partial charge in [0.2, 0.25) is 0 Å². The minimum Gasteiger partial charge on any atom is -0.497 e. The summed E-state index contributed by atoms with van der Waals surface area (Å²) in [5.41, 5.74) is 2.48. The highest BCUT2D eigenvalue weighted by Gasteiger charge is 2.21. The number of rotatable bonds is 4. The van der Waals surface area contributed by atoms with Crippen molar-refractivity contribution in [1.29, 1.82) is 0 Å². The topological polar surface area (TPSA) is 53.0 Å². The maximum atomic E-state index is 5.25. The van der Waals surface area contributed by atoms with E-state index in [1.807, 2.05) is 19.2 Å². The molecule has 6 nitrogen and oxygen atoms in total. The molecule has 0 bridgehead atoms. The molecule has 1 N–H and O–H groups in total. The molecule has 1 saturated heterocycles. The SMILES string of the molecule is CN=C(NCc1nc(C(C)(C)C)cs1)N1CCN(c2ccc(OC)cc2)CC1.I. The van der Waals surface area contributed by atoms with E-state index in [-0.39, 0.29) is 29.4 Å². The number of aromatic nitrogens is 1. The second-order valence-electron chi connectivity index (χ2n) is 7.95. The summed E-state index contributed by atoms with van der Waals surface area (Å²) in [7, 11) is 3.54. The van der Waals surface area contributed by atoms with Crippen molar-refractivity contribution in [3.8, 4) is 5.75 Å². The highest BCUT2D eigenvalue weighted by atomic mass is 127. The van der Waals surface area contributed by atoms with E-state index in [9.17, 15) is 0 Å². The van der Waals surface area contributed by atoms with E-state index < -0.39 is 0 Å². The zero-order chi connectivity index (χ0) is 20.1. The first-order valence-corrected chi connectivity index (χ1v) is 10.6. The molecule has 0 spiro atoms. The Morgan fingerprint density at radius 1 is 1.17 bits per heavy atom. The fourth-order valence-corrected chi connectivity index (χ4v) is 4.15. The van der Waals surface area contributed by atoms with Crippen molar-refractivity contribution >= 4 is 47.0 Å². The molecule has 160 valence electrons. The zero-order valence-corrected chi connectivity index (χ0v) is 21.1. The third kappa shape index (κ3) is 6.21. The lowest BCUT2D eigenvalue weighted by Crippen LogP contribution is -2.52. The molecular formula is C21H32IN5OS. The Bertz CT molecular complexity index is 792. The van der Waals surface area contributed by atoms with Crippen LogP contribution < -0.4 is 15.0 Å². The Kier molecular flexibility index (Phi) is 8.57. The van der Waals surface area contributed by atoms with Gasteiger partial charge in [0.1, 0.15) is 10.8 Å². The van der Waals surface area contributed by atoms with Gasteiger partial charge in [-0.05, 0) is 24.3 Å². The quantitative estimate of drug-likeness (QED) is 0.369. The van der Waals surface area contributed by atoms with Crippen LogP contribution in [0.1, 0.15) is 31.5 Å². The van der Waals surface area contributed by atoms with Gasteiger partial charge in [-0.15, -0.1) is 35.3 Å². The van der Waals surface area contributed by atoms with Crippen LogP contribution in [0.4, 0.5) is 5.69 Å². The van der Waals surface area contributed by atoms with E-state index in [4.69, 9.17) is 9.72 Å². The van der Waals surface area contributed by atoms with Gasteiger partial charge in [0.05, 0.1) is 19.3 Å². The molecule has 0 atom stereocenters. The molecule has 1 aliphatic heterocycles. The molecule has 1 fully saturated rings. The number of halogens is 1. The van der Waals surface area contributed by atoms with Crippen LogP contribution in [0.25, 0.3) is 0 Å². The minimum absolute atomic E-state index is 0. The molecule has 29 heavy (non-hydrogen) atoms. The first kappa shape index (κ1) is 23.7. The van der Waals surface area contributed by atoms with Crippen molar-refractivity contribution in [2.24, 2.45) is 4.99 Å². The number of piperazine rings is 1. The first-order valence-electron chi connectivity index (χ1n) is 9.70. The highest BCUT2D eigenvalue weighted by Crippen LogP contribution is 2.24. The van der Waals surface area contributed by atoms with Gasteiger partial charge in [-0.3, -0.25) is 4.99 Å². The van der Waals surface area contributed by atoms with E-state index in [1.54, 1.807) is 18.4 Å². The fraction of sp³-hybridized carbons (Fsp3) is 0.524. The van der Waals surface area contributed by atoms with Crippen LogP contribution in [0.5, 0.6) is 5.75 Å². The Balaban J connectivity index is 0.00000300. The van der Waals surface area contributed by atoms with Gasteiger partial charge < -0.3 is 19.9 Å². The number of anilines is 1. The van der Waals surface area contributed by atoms with Gasteiger partial charge in [0.25, 0.3) is 0 Å². The summed E-state index contributed by atoms with van der Waals surface area (Å²) in [5, 5.41) is 6.74. The van der Waals surface area contributed by atoms with E-state index in [1.165, 1.54) is 5.69 Å². The number of thiazole rings is 1. The molecule has 1 aromatic carbocycles. The van der Waals surface area contributed by atoms with E-state index in [2.05, 4.69) is 58.4 Å². The van der Waals surface area contributed by atoms with Gasteiger partial charge in [-0.1, -0.05) is 20.8 Å². The van der Waals surface area contributed by atoms with Gasteiger partial charge in [0.15, 0.2) is 5.96 Å². The van der Waals surface area contributed by atoms with E-state index >= 15 is 0 Å². The number of guanidine groups is 1. The lowest BCUT2D eigenvalue weighted by Gasteiger charge is -2.37. The number of hydrogen-bond acceptors (Lipinski definition) is 5. The minimum atomic E-state index is 0. The summed E-state index contributed by atoms with van der Waals surface area (Å²) in [6, 6.07) is 8.28. The van der Waals surface area contributed by atoms with E-state index in [0.717, 1.165) is 48.6 Å². The van der Waals surface area contributed by atoms with Crippen LogP contribution in [0, 0.1) is 0 Å². The molecule has 2 aromatic rings. The second kappa shape index (κ2) is 10.5. The van der Waals surface area contributed by atoms with Crippen LogP contribution >= 0.6 is 35.3 Å². The molecule has 0 aliphatic carbocycles. The zero-order valence-electron chi connectivity index (χ0n) is 17.9. The second-order valence-corrected chi connectivity index (χ2v) is 8.89. The summed E-state index contributed by atoms with van der Waals surface area (Å²) < 4.78 is 5.25. The van der Waals surface area contributed by atoms with Crippen LogP contribution in [-0.4, -0.2) is 56.2 Å². The summed E-state index contributed by atoms with van der Waals surface area (Å²) in [5.74, 6) is 1.84. The highest BCUT2D eigenvalue weighted by molar-refractivity contribution is 14.0. The standard InChI is InChI=1S/C21H31N5OS.HI/c1-21(2,3)18-15-28-19(24-18)14-23-20(22-4)26-12-10-25(11-13-26)16-6-8-17(27-5)9-7-16;/h6-9,15H,10-14H2,1-5H3,(H,22,23);1H. The average Bonchev–Trinajstić information content (AvgIpc) is 3.19. The number of benzene rings is 1. The largest absolute Gasteiger partial charge is 0.497 e. The summed E-state index contributed by atoms with van der Waals surface area (Å²) in [6.07, 6.45) is 0. The molecule has 0 unspecified atom stereocenters. The van der Waals surface area contributed by atoms with Crippen LogP contribution in [0.2, 0.25) is 0 Å². The molecule has 0 radical (unpaired) electrons. The van der Waals surface area contributed by atoms with Gasteiger partial charge >= 0.3 is 0 Å². The molecule has 2 heterocycles. The van der Waals surface area contributed by atoms with Gasteiger partial charge in [-0.2, -0.15) is 0 Å². The fourth-order valence-electron chi connectivity index (χ4n) is 3.19. The number of aliphatic imine (C=N–C) groups is 1. The maximum absolute atomic E-state index is 5.25. The van der Waals surface area contributed by atoms with Crippen LogP contribution in [-0.2, 0) is 12.0 Å². The monoisotopic (exact) mass is 529 g/mol. The first-order chi connectivity index (χ1) is 13.4. The van der Waals surface area contributed by atoms with Crippen LogP contribution in [0.3, 0.4) is 0 Å². The van der Waals surface area contributed by atoms with Crippen molar-refractivity contribution in [3.05, 3.63) is 40.3 Å². The summed E-state index contributed by atoms with van der Waals surface area (Å²) >= 11 is 1.71. The Hall–Kier alpha value is -1.55. The van der Waals surface area contributed by atoms with Gasteiger partial charge in [-0.25, -0.2) is 4.98 Å². The van der Waals surface area contributed by atoms with Crippen molar-refractivity contribution in [2.75, 3.05) is 45.2 Å². The van der Waals surface area contributed by atoms with Crippen molar-refractivity contribution in [2.45, 2.75) is 32.7 Å². The third-order valence-electron chi connectivity index (χ3n) is 4.95. The predicted molar refractivity (Wildman–Crippen MR) is 133 cm³/mol. The number of methoxy groups -OCH3 is 1. The lowest BCUT2D eigenvalue weighted by atomic mass is 9.93. The third-order valence-corrected chi connectivity index (χ3v) is 5.80. The predicted octanol–water partition coefficient (Wildman–Crippen LogP) is 3.96. The number of nitrogens with one attached hydrogen (secondary N) is 1. The van der Waals surface area contributed by atoms with Crippen molar-refractivity contribution in [1.82, 2.24) is 15.2 Å². The maximum Gasteiger partial charge on any atom is 0.194 e. The van der Waals surface area contributed by atoms with Gasteiger partial charge in [0, 0.05) is 49.7 Å². The summed E-state index contributed by atoms with van der Waals surface area (Å²) in [6.45, 7) is 11.1. The van der Waals surface area contributed by atoms with E-state index in [0.29, 0.717) is 6.54 Å². The smallest absolute Gasteiger partial charge is 0.194 e. The Morgan fingerprint density at radius 3 is 2.34 bits per heavy atom. The Morgan fingerprint density at radius 2 is 1.83 bits per heavy atom. The Labute approximate surface area is 195 Å². The number of nitrogens with zero attached hydrogens (tertiary/aromatic N) is 4. The van der Waals surface area contributed by atoms with Crippen molar-refractivity contribution in [3.63, 3.8) is 0 Å². The molecule has 1 aromatic heterocycles. The summed E-state index contributed by atoms with van der Waals surface area (Å²) in [4.78, 5) is 14.0. The molecule has 1 aliphatic rings. The molecular weight excluding hydrogens is 497 g/mol. The molecule has 3 rings (SSSR count). The number of hydrogen-bond donors (Lipinski definition) is 1. The molecule has 8 heteroatoms. The van der Waals surface area contributed by atoms with Crippen molar-refractivity contribution < 1.29 is 4.74 Å². The normalized spacial score (nSPS) is 15.1.